The van der Waals surface area contributed by atoms with E-state index >= 15 is 0 Å². The van der Waals surface area contributed by atoms with Gasteiger partial charge in [0.1, 0.15) is 0 Å². The van der Waals surface area contributed by atoms with Crippen LogP contribution in [0.15, 0.2) is 0 Å². The van der Waals surface area contributed by atoms with Crippen LogP contribution in [-0.4, -0.2) is 18.8 Å². The van der Waals surface area contributed by atoms with Gasteiger partial charge in [0.05, 0.1) is 6.10 Å². The van der Waals surface area contributed by atoms with Crippen molar-refractivity contribution < 1.29 is 4.74 Å². The van der Waals surface area contributed by atoms with Crippen LogP contribution in [0.2, 0.25) is 0 Å². The molecule has 108 valence electrons. The van der Waals surface area contributed by atoms with Gasteiger partial charge < -0.3 is 10.5 Å². The second-order valence-corrected chi connectivity index (χ2v) is 6.75. The highest BCUT2D eigenvalue weighted by Crippen LogP contribution is 2.36. The van der Waals surface area contributed by atoms with Crippen LogP contribution < -0.4 is 5.73 Å². The highest BCUT2D eigenvalue weighted by Gasteiger charge is 2.33. The zero-order chi connectivity index (χ0) is 13.4. The Morgan fingerprint density at radius 3 is 2.50 bits per heavy atom. The second kappa shape index (κ2) is 8.16. The third-order valence-corrected chi connectivity index (χ3v) is 4.22. The van der Waals surface area contributed by atoms with E-state index in [1.54, 1.807) is 0 Å². The maximum absolute atomic E-state index is 6.16. The van der Waals surface area contributed by atoms with Crippen molar-refractivity contribution in [2.45, 2.75) is 90.7 Å². The van der Waals surface area contributed by atoms with Crippen molar-refractivity contribution in [2.24, 2.45) is 11.1 Å². The molecule has 2 unspecified atom stereocenters. The van der Waals surface area contributed by atoms with Gasteiger partial charge >= 0.3 is 0 Å². The van der Waals surface area contributed by atoms with Crippen LogP contribution in [-0.2, 0) is 4.74 Å². The molecule has 1 fully saturated rings. The Balaban J connectivity index is 2.07. The van der Waals surface area contributed by atoms with Gasteiger partial charge in [-0.15, -0.1) is 0 Å². The fourth-order valence-electron chi connectivity index (χ4n) is 2.84. The summed E-state index contributed by atoms with van der Waals surface area (Å²) in [5.74, 6) is 0. The predicted molar refractivity (Wildman–Crippen MR) is 78.7 cm³/mol. The molecule has 0 spiro atoms. The lowest BCUT2D eigenvalue weighted by Gasteiger charge is -2.39. The first-order valence-electron chi connectivity index (χ1n) is 7.92. The third kappa shape index (κ3) is 6.19. The summed E-state index contributed by atoms with van der Waals surface area (Å²) in [5, 5.41) is 0. The summed E-state index contributed by atoms with van der Waals surface area (Å²) in [6.07, 6.45) is 11.7. The summed E-state index contributed by atoms with van der Waals surface area (Å²) in [4.78, 5) is 0. The molecule has 0 aromatic heterocycles. The van der Waals surface area contributed by atoms with Crippen LogP contribution in [0.25, 0.3) is 0 Å². The molecule has 2 nitrogen and oxygen atoms in total. The van der Waals surface area contributed by atoms with Crippen molar-refractivity contribution in [3.8, 4) is 0 Å². The number of hydrogen-bond donors (Lipinski definition) is 1. The smallest absolute Gasteiger partial charge is 0.0731 e. The summed E-state index contributed by atoms with van der Waals surface area (Å²) < 4.78 is 6.01. The number of hydrogen-bond acceptors (Lipinski definition) is 2. The molecule has 0 aliphatic heterocycles. The van der Waals surface area contributed by atoms with Gasteiger partial charge in [0.2, 0.25) is 0 Å². The average Bonchev–Trinajstić information content (AvgIpc) is 2.32. The molecule has 0 heterocycles. The van der Waals surface area contributed by atoms with E-state index in [0.717, 1.165) is 19.4 Å². The number of rotatable bonds is 8. The van der Waals surface area contributed by atoms with E-state index in [1.165, 1.54) is 44.9 Å². The third-order valence-electron chi connectivity index (χ3n) is 4.22. The van der Waals surface area contributed by atoms with Gasteiger partial charge in [0, 0.05) is 12.6 Å². The summed E-state index contributed by atoms with van der Waals surface area (Å²) in [7, 11) is 0. The predicted octanol–water partition coefficient (Wildman–Crippen LogP) is 4.27. The zero-order valence-electron chi connectivity index (χ0n) is 12.7. The summed E-state index contributed by atoms with van der Waals surface area (Å²) in [6, 6.07) is 0.262. The Hall–Kier alpha value is -0.0800. The molecule has 2 heteroatoms. The minimum Gasteiger partial charge on any atom is -0.377 e. The first kappa shape index (κ1) is 16.0. The van der Waals surface area contributed by atoms with Gasteiger partial charge in [0.25, 0.3) is 0 Å². The molecule has 1 aliphatic carbocycles. The number of nitrogens with two attached hydrogens (primary N) is 1. The van der Waals surface area contributed by atoms with Crippen molar-refractivity contribution in [3.63, 3.8) is 0 Å². The van der Waals surface area contributed by atoms with Crippen LogP contribution in [0, 0.1) is 5.41 Å². The van der Waals surface area contributed by atoms with Crippen LogP contribution in [0.4, 0.5) is 0 Å². The van der Waals surface area contributed by atoms with Gasteiger partial charge in [-0.3, -0.25) is 0 Å². The highest BCUT2D eigenvalue weighted by molar-refractivity contribution is 4.87. The fraction of sp³-hybridized carbons (Fsp3) is 1.00. The molecule has 0 saturated heterocycles. The molecule has 1 aliphatic rings. The van der Waals surface area contributed by atoms with Gasteiger partial charge in [-0.1, -0.05) is 52.9 Å². The van der Waals surface area contributed by atoms with E-state index in [1.807, 2.05) is 0 Å². The molecule has 0 amide bonds. The van der Waals surface area contributed by atoms with Crippen molar-refractivity contribution in [1.29, 1.82) is 0 Å². The summed E-state index contributed by atoms with van der Waals surface area (Å²) in [5.41, 5.74) is 6.57. The van der Waals surface area contributed by atoms with Crippen molar-refractivity contribution in [3.05, 3.63) is 0 Å². The molecular weight excluding hydrogens is 222 g/mol. The minimum atomic E-state index is 0.262. The Morgan fingerprint density at radius 2 is 1.78 bits per heavy atom. The second-order valence-electron chi connectivity index (χ2n) is 6.75. The quantitative estimate of drug-likeness (QED) is 0.657. The molecule has 2 N–H and O–H groups in total. The Labute approximate surface area is 114 Å². The zero-order valence-corrected chi connectivity index (χ0v) is 12.7. The molecular formula is C16H33NO. The van der Waals surface area contributed by atoms with Crippen molar-refractivity contribution >= 4 is 0 Å². The van der Waals surface area contributed by atoms with Gasteiger partial charge in [-0.25, -0.2) is 0 Å². The first-order chi connectivity index (χ1) is 8.55. The largest absolute Gasteiger partial charge is 0.377 e. The summed E-state index contributed by atoms with van der Waals surface area (Å²) >= 11 is 0. The lowest BCUT2D eigenvalue weighted by Crippen LogP contribution is -2.44. The average molecular weight is 255 g/mol. The molecule has 1 rings (SSSR count). The van der Waals surface area contributed by atoms with E-state index in [2.05, 4.69) is 20.8 Å². The Bertz CT molecular complexity index is 215. The molecule has 0 radical (unpaired) electrons. The fourth-order valence-corrected chi connectivity index (χ4v) is 2.84. The van der Waals surface area contributed by atoms with Crippen molar-refractivity contribution in [2.75, 3.05) is 6.61 Å². The van der Waals surface area contributed by atoms with E-state index < -0.39 is 0 Å². The molecule has 0 aromatic carbocycles. The molecule has 1 saturated carbocycles. The van der Waals surface area contributed by atoms with Gasteiger partial charge in [-0.2, -0.15) is 0 Å². The van der Waals surface area contributed by atoms with E-state index in [4.69, 9.17) is 10.5 Å². The molecule has 0 bridgehead atoms. The SMILES string of the molecule is CCCCCCCCOC1CC(C)(C)CCC1N. The number of ether oxygens (including phenoxy) is 1. The number of unbranched alkanes of at least 4 members (excludes halogenated alkanes) is 5. The topological polar surface area (TPSA) is 35.2 Å². The van der Waals surface area contributed by atoms with Crippen LogP contribution in [0.5, 0.6) is 0 Å². The molecule has 0 aromatic rings. The normalized spacial score (nSPS) is 27.3. The first-order valence-corrected chi connectivity index (χ1v) is 7.92. The van der Waals surface area contributed by atoms with Gasteiger partial charge in [-0.05, 0) is 31.1 Å². The molecule has 2 atom stereocenters. The van der Waals surface area contributed by atoms with E-state index in [9.17, 15) is 0 Å². The maximum Gasteiger partial charge on any atom is 0.0731 e. The minimum absolute atomic E-state index is 0.262. The maximum atomic E-state index is 6.16. The van der Waals surface area contributed by atoms with Gasteiger partial charge in [0.15, 0.2) is 0 Å². The lowest BCUT2D eigenvalue weighted by atomic mass is 9.74. The van der Waals surface area contributed by atoms with Crippen LogP contribution in [0.3, 0.4) is 0 Å². The standard InChI is InChI=1S/C16H33NO/c1-4-5-6-7-8-9-12-18-15-13-16(2,3)11-10-14(15)17/h14-15H,4-13,17H2,1-3H3. The molecule has 18 heavy (non-hydrogen) atoms. The lowest BCUT2D eigenvalue weighted by molar-refractivity contribution is -0.0202. The van der Waals surface area contributed by atoms with E-state index in [0.29, 0.717) is 11.5 Å². The monoisotopic (exact) mass is 255 g/mol. The van der Waals surface area contributed by atoms with Crippen molar-refractivity contribution in [1.82, 2.24) is 0 Å². The highest BCUT2D eigenvalue weighted by atomic mass is 16.5. The summed E-state index contributed by atoms with van der Waals surface area (Å²) in [6.45, 7) is 7.83. The Morgan fingerprint density at radius 1 is 1.11 bits per heavy atom. The van der Waals surface area contributed by atoms with E-state index in [-0.39, 0.29) is 6.04 Å². The van der Waals surface area contributed by atoms with Crippen LogP contribution in [0.1, 0.15) is 78.6 Å². The van der Waals surface area contributed by atoms with Crippen LogP contribution >= 0.6 is 0 Å². The Kier molecular flexibility index (Phi) is 7.25.